The number of aliphatic hydroxyl groups is 2. The van der Waals surface area contributed by atoms with E-state index in [0.717, 1.165) is 11.1 Å². The number of halogens is 2. The van der Waals surface area contributed by atoms with Crippen molar-refractivity contribution >= 4 is 29.4 Å². The highest BCUT2D eigenvalue weighted by molar-refractivity contribution is 6.33. The van der Waals surface area contributed by atoms with Crippen molar-refractivity contribution in [3.05, 3.63) is 75.7 Å². The lowest BCUT2D eigenvalue weighted by Gasteiger charge is -2.26. The summed E-state index contributed by atoms with van der Waals surface area (Å²) < 4.78 is 15.2. The Morgan fingerprint density at radius 1 is 1.21 bits per heavy atom. The number of aryl methyl sites for hydroxylation is 1. The Bertz CT molecular complexity index is 1370. The molecule has 38 heavy (non-hydrogen) atoms. The molecule has 2 amide bonds. The number of anilines is 1. The number of aliphatic hydroxyl groups excluding tert-OH is 2. The van der Waals surface area contributed by atoms with Crippen LogP contribution >= 0.6 is 11.6 Å². The van der Waals surface area contributed by atoms with Crippen LogP contribution in [-0.2, 0) is 11.3 Å². The molecule has 3 atom stereocenters. The lowest BCUT2D eigenvalue weighted by Crippen LogP contribution is -2.46. The second-order valence-electron chi connectivity index (χ2n) is 9.37. The van der Waals surface area contributed by atoms with Gasteiger partial charge in [0.05, 0.1) is 42.7 Å². The highest BCUT2D eigenvalue weighted by atomic mass is 35.5. The standard InChI is InChI=1S/C27H29ClFN5O4/c1-14-5-4-6-17(7-14)23(13-36)32-25(37)16(3)34-11-20-19(26(34)38)8-18(9-22(20)29)24-21(28)10-30-27(33-24)31-15(2)12-35/h4-10,15-16,23,35-36H,11-13H2,1-3H3,(H,32,37)(H,30,31,33). The highest BCUT2D eigenvalue weighted by Crippen LogP contribution is 2.34. The molecular formula is C27H29ClFN5O4. The molecule has 2 heterocycles. The Balaban J connectivity index is 1.56. The second kappa shape index (κ2) is 11.4. The quantitative estimate of drug-likeness (QED) is 0.327. The SMILES string of the molecule is Cc1cccc(C(CO)NC(=O)C(C)N2Cc3c(F)cc(-c4nc(NC(C)CO)ncc4Cl)cc3C2=O)c1. The van der Waals surface area contributed by atoms with Gasteiger partial charge in [0.2, 0.25) is 11.9 Å². The van der Waals surface area contributed by atoms with E-state index in [4.69, 9.17) is 11.6 Å². The normalized spacial score (nSPS) is 15.1. The van der Waals surface area contributed by atoms with E-state index in [1.54, 1.807) is 19.9 Å². The maximum atomic E-state index is 15.2. The number of aromatic nitrogens is 2. The molecule has 3 aromatic rings. The van der Waals surface area contributed by atoms with Gasteiger partial charge in [-0.15, -0.1) is 0 Å². The van der Waals surface area contributed by atoms with Crippen LogP contribution in [0.2, 0.25) is 5.02 Å². The van der Waals surface area contributed by atoms with E-state index in [1.165, 1.54) is 23.2 Å². The smallest absolute Gasteiger partial charge is 0.255 e. The van der Waals surface area contributed by atoms with E-state index in [9.17, 15) is 19.8 Å². The molecule has 0 saturated carbocycles. The first-order valence-corrected chi connectivity index (χ1v) is 12.5. The van der Waals surface area contributed by atoms with Crippen LogP contribution < -0.4 is 10.6 Å². The molecule has 11 heteroatoms. The summed E-state index contributed by atoms with van der Waals surface area (Å²) in [6.07, 6.45) is 1.35. The second-order valence-corrected chi connectivity index (χ2v) is 9.78. The van der Waals surface area contributed by atoms with Crippen molar-refractivity contribution in [2.75, 3.05) is 18.5 Å². The predicted octanol–water partition coefficient (Wildman–Crippen LogP) is 3.23. The highest BCUT2D eigenvalue weighted by Gasteiger charge is 2.37. The molecule has 1 aromatic heterocycles. The van der Waals surface area contributed by atoms with Crippen molar-refractivity contribution < 1.29 is 24.2 Å². The first-order valence-electron chi connectivity index (χ1n) is 12.1. The zero-order valence-corrected chi connectivity index (χ0v) is 22.0. The van der Waals surface area contributed by atoms with E-state index in [2.05, 4.69) is 20.6 Å². The Morgan fingerprint density at radius 3 is 2.66 bits per heavy atom. The fourth-order valence-electron chi connectivity index (χ4n) is 4.29. The van der Waals surface area contributed by atoms with Crippen LogP contribution in [0, 0.1) is 12.7 Å². The number of benzene rings is 2. The molecule has 1 aliphatic rings. The van der Waals surface area contributed by atoms with Gasteiger partial charge in [0.15, 0.2) is 0 Å². The van der Waals surface area contributed by atoms with Gasteiger partial charge in [-0.2, -0.15) is 0 Å². The fraction of sp³-hybridized carbons (Fsp3) is 0.333. The van der Waals surface area contributed by atoms with Crippen molar-refractivity contribution in [1.82, 2.24) is 20.2 Å². The summed E-state index contributed by atoms with van der Waals surface area (Å²) in [6, 6.07) is 8.27. The van der Waals surface area contributed by atoms with Crippen molar-refractivity contribution in [3.8, 4) is 11.3 Å². The van der Waals surface area contributed by atoms with Crippen LogP contribution in [0.4, 0.5) is 10.3 Å². The van der Waals surface area contributed by atoms with Gasteiger partial charge in [-0.1, -0.05) is 41.4 Å². The third-order valence-corrected chi connectivity index (χ3v) is 6.75. The number of nitrogens with zero attached hydrogens (tertiary/aromatic N) is 3. The van der Waals surface area contributed by atoms with Crippen LogP contribution in [-0.4, -0.2) is 62.2 Å². The molecule has 4 N–H and O–H groups in total. The third kappa shape index (κ3) is 5.62. The van der Waals surface area contributed by atoms with Gasteiger partial charge in [0.1, 0.15) is 11.9 Å². The van der Waals surface area contributed by atoms with Crippen molar-refractivity contribution in [3.63, 3.8) is 0 Å². The van der Waals surface area contributed by atoms with E-state index < -0.39 is 29.7 Å². The average molecular weight is 542 g/mol. The first kappa shape index (κ1) is 27.4. The number of hydrogen-bond acceptors (Lipinski definition) is 7. The van der Waals surface area contributed by atoms with Crippen molar-refractivity contribution in [1.29, 1.82) is 0 Å². The molecule has 0 aliphatic carbocycles. The van der Waals surface area contributed by atoms with Crippen LogP contribution in [0.1, 0.15) is 46.9 Å². The monoisotopic (exact) mass is 541 g/mol. The first-order chi connectivity index (χ1) is 18.1. The van der Waals surface area contributed by atoms with E-state index in [0.29, 0.717) is 0 Å². The Morgan fingerprint density at radius 2 is 1.97 bits per heavy atom. The number of amides is 2. The van der Waals surface area contributed by atoms with E-state index in [-0.39, 0.29) is 59.2 Å². The van der Waals surface area contributed by atoms with Gasteiger partial charge < -0.3 is 25.7 Å². The summed E-state index contributed by atoms with van der Waals surface area (Å²) in [5.41, 5.74) is 2.51. The lowest BCUT2D eigenvalue weighted by atomic mass is 10.0. The number of fused-ring (bicyclic) bond motifs is 1. The maximum absolute atomic E-state index is 15.2. The van der Waals surface area contributed by atoms with E-state index in [1.807, 2.05) is 25.1 Å². The lowest BCUT2D eigenvalue weighted by molar-refractivity contribution is -0.126. The zero-order chi connectivity index (χ0) is 27.6. The maximum Gasteiger partial charge on any atom is 0.255 e. The molecule has 0 radical (unpaired) electrons. The summed E-state index contributed by atoms with van der Waals surface area (Å²) in [7, 11) is 0. The molecule has 200 valence electrons. The summed E-state index contributed by atoms with van der Waals surface area (Å²) in [6.45, 7) is 4.66. The fourth-order valence-corrected chi connectivity index (χ4v) is 4.49. The topological polar surface area (TPSA) is 128 Å². The minimum Gasteiger partial charge on any atom is -0.394 e. The largest absolute Gasteiger partial charge is 0.394 e. The summed E-state index contributed by atoms with van der Waals surface area (Å²) >= 11 is 6.29. The molecule has 3 unspecified atom stereocenters. The third-order valence-electron chi connectivity index (χ3n) is 6.47. The Labute approximate surface area is 224 Å². The number of carbonyl (C=O) groups excluding carboxylic acids is 2. The molecule has 2 aromatic carbocycles. The minimum absolute atomic E-state index is 0.0819. The summed E-state index contributed by atoms with van der Waals surface area (Å²) in [4.78, 5) is 36.1. The van der Waals surface area contributed by atoms with Gasteiger partial charge >= 0.3 is 0 Å². The van der Waals surface area contributed by atoms with E-state index >= 15 is 4.39 Å². The van der Waals surface area contributed by atoms with Gasteiger partial charge in [0, 0.05) is 22.7 Å². The van der Waals surface area contributed by atoms with Crippen molar-refractivity contribution in [2.45, 2.75) is 45.4 Å². The number of rotatable bonds is 9. The van der Waals surface area contributed by atoms with Gasteiger partial charge in [-0.3, -0.25) is 9.59 Å². The molecule has 0 bridgehead atoms. The molecule has 0 saturated heterocycles. The number of carbonyl (C=O) groups is 2. The van der Waals surface area contributed by atoms with Crippen LogP contribution in [0.25, 0.3) is 11.3 Å². The Kier molecular flexibility index (Phi) is 8.25. The minimum atomic E-state index is -0.921. The van der Waals surface area contributed by atoms with Gasteiger partial charge in [-0.25, -0.2) is 14.4 Å². The zero-order valence-electron chi connectivity index (χ0n) is 21.2. The van der Waals surface area contributed by atoms with Crippen LogP contribution in [0.5, 0.6) is 0 Å². The molecular weight excluding hydrogens is 513 g/mol. The van der Waals surface area contributed by atoms with Crippen molar-refractivity contribution in [2.24, 2.45) is 0 Å². The molecule has 0 fully saturated rings. The number of nitrogens with one attached hydrogen (secondary N) is 2. The number of hydrogen-bond donors (Lipinski definition) is 4. The van der Waals surface area contributed by atoms with Gasteiger partial charge in [0.25, 0.3) is 5.91 Å². The average Bonchev–Trinajstić information content (AvgIpc) is 3.24. The molecule has 1 aliphatic heterocycles. The van der Waals surface area contributed by atoms with Crippen LogP contribution in [0.15, 0.2) is 42.6 Å². The van der Waals surface area contributed by atoms with Crippen LogP contribution in [0.3, 0.4) is 0 Å². The Hall–Kier alpha value is -3.60. The summed E-state index contributed by atoms with van der Waals surface area (Å²) in [5.74, 6) is -1.41. The summed E-state index contributed by atoms with van der Waals surface area (Å²) in [5, 5.41) is 25.0. The molecule has 0 spiro atoms. The van der Waals surface area contributed by atoms with Gasteiger partial charge in [-0.05, 0) is 38.5 Å². The predicted molar refractivity (Wildman–Crippen MR) is 141 cm³/mol. The molecule has 4 rings (SSSR count). The molecule has 9 nitrogen and oxygen atoms in total.